The second kappa shape index (κ2) is 4.66. The number of benzene rings is 2. The Hall–Kier alpha value is -1.70. The topological polar surface area (TPSA) is 18.5 Å². The van der Waals surface area contributed by atoms with Crippen molar-refractivity contribution in [2.45, 2.75) is 19.8 Å². The van der Waals surface area contributed by atoms with Gasteiger partial charge in [0, 0.05) is 10.9 Å². The van der Waals surface area contributed by atoms with Gasteiger partial charge in [0.05, 0.1) is 14.2 Å². The highest BCUT2D eigenvalue weighted by molar-refractivity contribution is 5.93. The molecule has 0 bridgehead atoms. The summed E-state index contributed by atoms with van der Waals surface area (Å²) in [6, 6.07) is 10.2. The Kier molecular flexibility index (Phi) is 3.23. The van der Waals surface area contributed by atoms with Crippen molar-refractivity contribution in [2.24, 2.45) is 0 Å². The Labute approximate surface area is 102 Å². The van der Waals surface area contributed by atoms with E-state index in [9.17, 15) is 0 Å². The van der Waals surface area contributed by atoms with E-state index in [1.165, 1.54) is 10.9 Å². The lowest BCUT2D eigenvalue weighted by atomic mass is 9.94. The molecule has 0 heterocycles. The van der Waals surface area contributed by atoms with E-state index < -0.39 is 0 Å². The van der Waals surface area contributed by atoms with Gasteiger partial charge in [-0.3, -0.25) is 0 Å². The van der Waals surface area contributed by atoms with Crippen molar-refractivity contribution >= 4 is 10.8 Å². The van der Waals surface area contributed by atoms with E-state index in [0.29, 0.717) is 5.92 Å². The number of fused-ring (bicyclic) bond motifs is 1. The summed E-state index contributed by atoms with van der Waals surface area (Å²) < 4.78 is 10.8. The summed E-state index contributed by atoms with van der Waals surface area (Å²) in [5.41, 5.74) is 1.24. The molecule has 2 aromatic rings. The smallest absolute Gasteiger partial charge is 0.126 e. The van der Waals surface area contributed by atoms with Crippen LogP contribution in [0.15, 0.2) is 30.3 Å². The lowest BCUT2D eigenvalue weighted by Gasteiger charge is -2.16. The largest absolute Gasteiger partial charge is 0.496 e. The highest BCUT2D eigenvalue weighted by atomic mass is 16.5. The maximum absolute atomic E-state index is 5.45. The van der Waals surface area contributed by atoms with Crippen molar-refractivity contribution in [1.82, 2.24) is 0 Å². The van der Waals surface area contributed by atoms with Gasteiger partial charge >= 0.3 is 0 Å². The fourth-order valence-electron chi connectivity index (χ4n) is 2.28. The molecule has 17 heavy (non-hydrogen) atoms. The molecule has 0 fully saturated rings. The Morgan fingerprint density at radius 2 is 1.53 bits per heavy atom. The molecule has 0 radical (unpaired) electrons. The Morgan fingerprint density at radius 1 is 0.824 bits per heavy atom. The Bertz CT molecular complexity index is 530. The molecule has 0 unspecified atom stereocenters. The quantitative estimate of drug-likeness (QED) is 0.794. The van der Waals surface area contributed by atoms with Crippen molar-refractivity contribution in [1.29, 1.82) is 0 Å². The average Bonchev–Trinajstić information content (AvgIpc) is 2.36. The summed E-state index contributed by atoms with van der Waals surface area (Å²) >= 11 is 0. The van der Waals surface area contributed by atoms with Gasteiger partial charge < -0.3 is 9.47 Å². The first-order valence-electron chi connectivity index (χ1n) is 5.82. The molecular formula is C15H18O2. The number of rotatable bonds is 3. The SMILES string of the molecule is COc1ccc2c(OC)cccc2c1C(C)C. The minimum absolute atomic E-state index is 0.417. The van der Waals surface area contributed by atoms with Crippen LogP contribution in [-0.2, 0) is 0 Å². The molecule has 90 valence electrons. The van der Waals surface area contributed by atoms with Gasteiger partial charge in [-0.25, -0.2) is 0 Å². The van der Waals surface area contributed by atoms with Crippen molar-refractivity contribution < 1.29 is 9.47 Å². The molecule has 2 nitrogen and oxygen atoms in total. The van der Waals surface area contributed by atoms with E-state index in [1.54, 1.807) is 14.2 Å². The number of ether oxygens (including phenoxy) is 2. The van der Waals surface area contributed by atoms with Crippen LogP contribution < -0.4 is 9.47 Å². The van der Waals surface area contributed by atoms with Crippen LogP contribution in [0.2, 0.25) is 0 Å². The third-order valence-corrected chi connectivity index (χ3v) is 3.04. The number of hydrogen-bond acceptors (Lipinski definition) is 2. The zero-order chi connectivity index (χ0) is 12.4. The van der Waals surface area contributed by atoms with Gasteiger partial charge in [0.15, 0.2) is 0 Å². The molecule has 0 amide bonds. The highest BCUT2D eigenvalue weighted by Crippen LogP contribution is 2.37. The van der Waals surface area contributed by atoms with E-state index in [4.69, 9.17) is 9.47 Å². The van der Waals surface area contributed by atoms with Crippen molar-refractivity contribution in [2.75, 3.05) is 14.2 Å². The number of hydrogen-bond donors (Lipinski definition) is 0. The average molecular weight is 230 g/mol. The fourth-order valence-corrected chi connectivity index (χ4v) is 2.28. The predicted molar refractivity (Wildman–Crippen MR) is 71.1 cm³/mol. The predicted octanol–water partition coefficient (Wildman–Crippen LogP) is 3.98. The van der Waals surface area contributed by atoms with Crippen molar-refractivity contribution in [3.63, 3.8) is 0 Å². The van der Waals surface area contributed by atoms with E-state index in [1.807, 2.05) is 18.2 Å². The molecule has 0 atom stereocenters. The summed E-state index contributed by atoms with van der Waals surface area (Å²) in [4.78, 5) is 0. The lowest BCUT2D eigenvalue weighted by molar-refractivity contribution is 0.408. The highest BCUT2D eigenvalue weighted by Gasteiger charge is 2.13. The standard InChI is InChI=1S/C15H18O2/c1-10(2)15-12-6-5-7-13(16-3)11(12)8-9-14(15)17-4/h5-10H,1-4H3. The van der Waals surface area contributed by atoms with Gasteiger partial charge in [-0.2, -0.15) is 0 Å². The third-order valence-electron chi connectivity index (χ3n) is 3.04. The maximum Gasteiger partial charge on any atom is 0.126 e. The summed E-state index contributed by atoms with van der Waals surface area (Å²) in [7, 11) is 3.42. The van der Waals surface area contributed by atoms with E-state index in [0.717, 1.165) is 16.9 Å². The van der Waals surface area contributed by atoms with Gasteiger partial charge in [-0.05, 0) is 29.5 Å². The second-order valence-electron chi connectivity index (χ2n) is 4.39. The molecule has 0 saturated carbocycles. The summed E-state index contributed by atoms with van der Waals surface area (Å²) in [6.07, 6.45) is 0. The Balaban J connectivity index is 2.81. The minimum Gasteiger partial charge on any atom is -0.496 e. The second-order valence-corrected chi connectivity index (χ2v) is 4.39. The number of methoxy groups -OCH3 is 2. The maximum atomic E-state index is 5.45. The van der Waals surface area contributed by atoms with E-state index >= 15 is 0 Å². The van der Waals surface area contributed by atoms with E-state index in [-0.39, 0.29) is 0 Å². The van der Waals surface area contributed by atoms with Crippen LogP contribution in [0.1, 0.15) is 25.3 Å². The van der Waals surface area contributed by atoms with Crippen LogP contribution in [0.25, 0.3) is 10.8 Å². The first kappa shape index (κ1) is 11.8. The lowest BCUT2D eigenvalue weighted by Crippen LogP contribution is -1.96. The van der Waals surface area contributed by atoms with Gasteiger partial charge in [0.2, 0.25) is 0 Å². The van der Waals surface area contributed by atoms with Crippen LogP contribution in [0, 0.1) is 0 Å². The minimum atomic E-state index is 0.417. The van der Waals surface area contributed by atoms with Gasteiger partial charge in [-0.1, -0.05) is 26.0 Å². The van der Waals surface area contributed by atoms with Gasteiger partial charge in [-0.15, -0.1) is 0 Å². The van der Waals surface area contributed by atoms with Gasteiger partial charge in [0.1, 0.15) is 11.5 Å². The van der Waals surface area contributed by atoms with Crippen molar-refractivity contribution in [3.8, 4) is 11.5 Å². The third kappa shape index (κ3) is 1.95. The molecule has 2 aromatic carbocycles. The van der Waals surface area contributed by atoms with Crippen molar-refractivity contribution in [3.05, 3.63) is 35.9 Å². The molecule has 2 heteroatoms. The first-order valence-corrected chi connectivity index (χ1v) is 5.82. The van der Waals surface area contributed by atoms with Crippen LogP contribution in [0.4, 0.5) is 0 Å². The van der Waals surface area contributed by atoms with Gasteiger partial charge in [0.25, 0.3) is 0 Å². The van der Waals surface area contributed by atoms with Crippen LogP contribution in [0.3, 0.4) is 0 Å². The van der Waals surface area contributed by atoms with Crippen LogP contribution in [0.5, 0.6) is 11.5 Å². The summed E-state index contributed by atoms with van der Waals surface area (Å²) in [5.74, 6) is 2.27. The molecule has 0 saturated heterocycles. The monoisotopic (exact) mass is 230 g/mol. The zero-order valence-corrected chi connectivity index (χ0v) is 10.8. The van der Waals surface area contributed by atoms with Crippen LogP contribution >= 0.6 is 0 Å². The molecule has 2 rings (SSSR count). The fraction of sp³-hybridized carbons (Fsp3) is 0.333. The molecule has 0 spiro atoms. The normalized spacial score (nSPS) is 10.9. The zero-order valence-electron chi connectivity index (χ0n) is 10.8. The van der Waals surface area contributed by atoms with E-state index in [2.05, 4.69) is 26.0 Å². The van der Waals surface area contributed by atoms with Crippen LogP contribution in [-0.4, -0.2) is 14.2 Å². The molecule has 0 aliphatic rings. The first-order chi connectivity index (χ1) is 8.19. The molecule has 0 aliphatic carbocycles. The molecule has 0 N–H and O–H groups in total. The molecule has 0 aliphatic heterocycles. The molecule has 0 aromatic heterocycles. The summed E-state index contributed by atoms with van der Waals surface area (Å²) in [6.45, 7) is 4.35. The Morgan fingerprint density at radius 3 is 2.12 bits per heavy atom. The summed E-state index contributed by atoms with van der Waals surface area (Å²) in [5, 5.41) is 2.35. The molecular weight excluding hydrogens is 212 g/mol.